The van der Waals surface area contributed by atoms with Crippen LogP contribution in [0.1, 0.15) is 29.0 Å². The molecule has 1 aromatic heterocycles. The smallest absolute Gasteiger partial charge is 0.243 e. The van der Waals surface area contributed by atoms with E-state index in [9.17, 15) is 4.79 Å². The Bertz CT molecular complexity index is 1000. The van der Waals surface area contributed by atoms with Gasteiger partial charge in [0.15, 0.2) is 0 Å². The summed E-state index contributed by atoms with van der Waals surface area (Å²) in [6.45, 7) is 2.01. The molecule has 2 aromatic carbocycles. The van der Waals surface area contributed by atoms with Crippen LogP contribution < -0.4 is 5.43 Å². The van der Waals surface area contributed by atoms with Crippen molar-refractivity contribution < 1.29 is 4.79 Å². The van der Waals surface area contributed by atoms with E-state index in [1.54, 1.807) is 6.21 Å². The van der Waals surface area contributed by atoms with Crippen molar-refractivity contribution in [2.75, 3.05) is 0 Å². The first-order valence-corrected chi connectivity index (χ1v) is 8.94. The average molecular weight is 364 g/mol. The van der Waals surface area contributed by atoms with Crippen LogP contribution in [0.4, 0.5) is 0 Å². The molecule has 1 saturated carbocycles. The van der Waals surface area contributed by atoms with Gasteiger partial charge in [-0.1, -0.05) is 54.1 Å². The number of benzene rings is 2. The summed E-state index contributed by atoms with van der Waals surface area (Å²) >= 11 is 6.23. The lowest BCUT2D eigenvalue weighted by atomic mass is 10.1. The molecule has 0 aliphatic heterocycles. The summed E-state index contributed by atoms with van der Waals surface area (Å²) in [5.74, 6) is 0.221. The second-order valence-corrected chi connectivity index (χ2v) is 7.02. The molecule has 4 nitrogen and oxygen atoms in total. The van der Waals surface area contributed by atoms with Crippen molar-refractivity contribution in [1.29, 1.82) is 0 Å². The highest BCUT2D eigenvalue weighted by Crippen LogP contribution is 2.47. The van der Waals surface area contributed by atoms with Crippen molar-refractivity contribution in [3.8, 4) is 0 Å². The second kappa shape index (κ2) is 6.89. The fourth-order valence-corrected chi connectivity index (χ4v) is 3.36. The van der Waals surface area contributed by atoms with Crippen molar-refractivity contribution in [2.24, 2.45) is 11.0 Å². The molecule has 1 amide bonds. The Kier molecular flexibility index (Phi) is 4.43. The fourth-order valence-electron chi connectivity index (χ4n) is 3.16. The molecule has 0 saturated heterocycles. The van der Waals surface area contributed by atoms with Crippen molar-refractivity contribution in [3.63, 3.8) is 0 Å². The van der Waals surface area contributed by atoms with Crippen LogP contribution in [0.3, 0.4) is 0 Å². The molecule has 2 atom stereocenters. The molecule has 1 N–H and O–H groups in total. The summed E-state index contributed by atoms with van der Waals surface area (Å²) in [6, 6.07) is 18.0. The van der Waals surface area contributed by atoms with E-state index in [-0.39, 0.29) is 11.8 Å². The van der Waals surface area contributed by atoms with Crippen LogP contribution in [0.5, 0.6) is 0 Å². The van der Waals surface area contributed by atoms with Crippen molar-refractivity contribution in [2.45, 2.75) is 19.3 Å². The monoisotopic (exact) mass is 363 g/mol. The number of halogens is 1. The van der Waals surface area contributed by atoms with E-state index in [2.05, 4.69) is 27.6 Å². The normalized spacial score (nSPS) is 19.0. The molecule has 1 aliphatic rings. The van der Waals surface area contributed by atoms with E-state index >= 15 is 0 Å². The Labute approximate surface area is 156 Å². The van der Waals surface area contributed by atoms with Crippen LogP contribution in [-0.2, 0) is 4.79 Å². The molecule has 1 fully saturated rings. The van der Waals surface area contributed by atoms with Crippen LogP contribution in [0.2, 0.25) is 5.15 Å². The molecule has 0 unspecified atom stereocenters. The summed E-state index contributed by atoms with van der Waals surface area (Å²) in [6.07, 6.45) is 2.41. The van der Waals surface area contributed by atoms with E-state index in [1.165, 1.54) is 5.56 Å². The number of aromatic nitrogens is 1. The van der Waals surface area contributed by atoms with Gasteiger partial charge < -0.3 is 0 Å². The lowest BCUT2D eigenvalue weighted by Crippen LogP contribution is -2.20. The number of amides is 1. The highest BCUT2D eigenvalue weighted by molar-refractivity contribution is 6.32. The van der Waals surface area contributed by atoms with Gasteiger partial charge in [0.05, 0.1) is 11.7 Å². The largest absolute Gasteiger partial charge is 0.273 e. The molecule has 130 valence electrons. The third kappa shape index (κ3) is 3.46. The number of carbonyl (C=O) groups excluding carboxylic acids is 1. The molecule has 0 spiro atoms. The number of pyridine rings is 1. The minimum atomic E-state index is -0.0596. The van der Waals surface area contributed by atoms with E-state index in [1.807, 2.05) is 49.4 Å². The molecule has 4 rings (SSSR count). The van der Waals surface area contributed by atoms with Gasteiger partial charge in [0.2, 0.25) is 5.91 Å². The van der Waals surface area contributed by atoms with Crippen LogP contribution in [0, 0.1) is 12.8 Å². The summed E-state index contributed by atoms with van der Waals surface area (Å²) in [7, 11) is 0. The topological polar surface area (TPSA) is 54.4 Å². The Hall–Kier alpha value is -2.72. The number of fused-ring (bicyclic) bond motifs is 1. The molecule has 1 heterocycles. The zero-order valence-corrected chi connectivity index (χ0v) is 15.1. The van der Waals surface area contributed by atoms with Gasteiger partial charge in [-0.05, 0) is 42.5 Å². The number of aryl methyl sites for hydroxylation is 1. The minimum Gasteiger partial charge on any atom is -0.273 e. The fraction of sp³-hybridized carbons (Fsp3) is 0.190. The Balaban J connectivity index is 1.43. The lowest BCUT2D eigenvalue weighted by Gasteiger charge is -2.03. The van der Waals surface area contributed by atoms with Crippen molar-refractivity contribution in [3.05, 3.63) is 76.4 Å². The van der Waals surface area contributed by atoms with Gasteiger partial charge in [0, 0.05) is 16.9 Å². The van der Waals surface area contributed by atoms with Crippen LogP contribution in [0.25, 0.3) is 10.9 Å². The number of hydrogen-bond acceptors (Lipinski definition) is 3. The highest BCUT2D eigenvalue weighted by atomic mass is 35.5. The number of carbonyl (C=O) groups is 1. The molecular formula is C21H18ClN3O. The standard InChI is InChI=1S/C21H18ClN3O/c1-13-7-8-15-10-16(20(22)24-19(15)9-13)12-23-25-21(26)18-11-17(18)14-5-3-2-4-6-14/h2-10,12,17-18H,11H2,1H3,(H,25,26)/b23-12+/t17-,18+/m1/s1. The van der Waals surface area contributed by atoms with E-state index in [4.69, 9.17) is 11.6 Å². The zero-order chi connectivity index (χ0) is 18.1. The SMILES string of the molecule is Cc1ccc2cc(/C=N/NC(=O)[C@H]3C[C@@H]3c3ccccc3)c(Cl)nc2c1. The van der Waals surface area contributed by atoms with Gasteiger partial charge in [-0.3, -0.25) is 4.79 Å². The first-order chi connectivity index (χ1) is 12.6. The third-order valence-electron chi connectivity index (χ3n) is 4.69. The van der Waals surface area contributed by atoms with Gasteiger partial charge in [-0.2, -0.15) is 5.10 Å². The van der Waals surface area contributed by atoms with Crippen LogP contribution in [0.15, 0.2) is 59.7 Å². The van der Waals surface area contributed by atoms with Crippen molar-refractivity contribution >= 4 is 34.6 Å². The molecule has 0 radical (unpaired) electrons. The maximum Gasteiger partial charge on any atom is 0.243 e. The third-order valence-corrected chi connectivity index (χ3v) is 4.99. The number of rotatable bonds is 4. The summed E-state index contributed by atoms with van der Waals surface area (Å²) in [4.78, 5) is 16.6. The maximum atomic E-state index is 12.2. The van der Waals surface area contributed by atoms with Gasteiger partial charge in [-0.15, -0.1) is 0 Å². The number of nitrogens with zero attached hydrogens (tertiary/aromatic N) is 2. The highest BCUT2D eigenvalue weighted by Gasteiger charge is 2.43. The Morgan fingerprint density at radius 2 is 2.04 bits per heavy atom. The number of nitrogens with one attached hydrogen (secondary N) is 1. The average Bonchev–Trinajstić information content (AvgIpc) is 3.44. The van der Waals surface area contributed by atoms with E-state index in [0.29, 0.717) is 16.6 Å². The van der Waals surface area contributed by atoms with Crippen LogP contribution >= 0.6 is 11.6 Å². The minimum absolute atomic E-state index is 0.0114. The summed E-state index contributed by atoms with van der Waals surface area (Å²) in [5.41, 5.74) is 6.48. The zero-order valence-electron chi connectivity index (χ0n) is 14.3. The number of hydrazone groups is 1. The first-order valence-electron chi connectivity index (χ1n) is 8.56. The second-order valence-electron chi connectivity index (χ2n) is 6.66. The van der Waals surface area contributed by atoms with Gasteiger partial charge in [0.1, 0.15) is 5.15 Å². The first kappa shape index (κ1) is 16.7. The molecule has 5 heteroatoms. The van der Waals surface area contributed by atoms with Crippen molar-refractivity contribution in [1.82, 2.24) is 10.4 Å². The molecule has 1 aliphatic carbocycles. The molecular weight excluding hydrogens is 346 g/mol. The molecule has 0 bridgehead atoms. The van der Waals surface area contributed by atoms with Gasteiger partial charge >= 0.3 is 0 Å². The van der Waals surface area contributed by atoms with E-state index < -0.39 is 0 Å². The Morgan fingerprint density at radius 1 is 1.23 bits per heavy atom. The quantitative estimate of drug-likeness (QED) is 0.423. The lowest BCUT2D eigenvalue weighted by molar-refractivity contribution is -0.122. The molecule has 26 heavy (non-hydrogen) atoms. The van der Waals surface area contributed by atoms with Crippen LogP contribution in [-0.4, -0.2) is 17.1 Å². The van der Waals surface area contributed by atoms with E-state index in [0.717, 1.165) is 22.9 Å². The summed E-state index contributed by atoms with van der Waals surface area (Å²) < 4.78 is 0. The molecule has 3 aromatic rings. The predicted molar refractivity (Wildman–Crippen MR) is 105 cm³/mol. The Morgan fingerprint density at radius 3 is 2.85 bits per heavy atom. The summed E-state index contributed by atoms with van der Waals surface area (Å²) in [5, 5.41) is 5.42. The van der Waals surface area contributed by atoms with Gasteiger partial charge in [-0.25, -0.2) is 10.4 Å². The van der Waals surface area contributed by atoms with Gasteiger partial charge in [0.25, 0.3) is 0 Å². The maximum absolute atomic E-state index is 12.2. The number of hydrogen-bond donors (Lipinski definition) is 1. The predicted octanol–water partition coefficient (Wildman–Crippen LogP) is 4.45.